The van der Waals surface area contributed by atoms with Crippen LogP contribution in [0.2, 0.25) is 0 Å². The van der Waals surface area contributed by atoms with E-state index in [0.29, 0.717) is 0 Å². The van der Waals surface area contributed by atoms with E-state index in [9.17, 15) is 0 Å². The third-order valence-corrected chi connectivity index (χ3v) is 2.87. The van der Waals surface area contributed by atoms with Crippen LogP contribution >= 0.6 is 0 Å². The SMILES string of the molecule is C=C([SiH2]O)c1ccccc1CCC. The second kappa shape index (κ2) is 4.99. The number of hydrogen-bond acceptors (Lipinski definition) is 1. The normalized spacial score (nSPS) is 10.9. The molecule has 0 radical (unpaired) electrons. The lowest BCUT2D eigenvalue weighted by Crippen LogP contribution is -1.97. The maximum Gasteiger partial charge on any atom is 0.187 e. The minimum Gasteiger partial charge on any atom is -0.433 e. The van der Waals surface area contributed by atoms with Gasteiger partial charge in [-0.3, -0.25) is 0 Å². The van der Waals surface area contributed by atoms with Crippen LogP contribution in [0.5, 0.6) is 0 Å². The zero-order valence-electron chi connectivity index (χ0n) is 8.09. The third-order valence-electron chi connectivity index (χ3n) is 2.11. The van der Waals surface area contributed by atoms with Crippen LogP contribution < -0.4 is 0 Å². The highest BCUT2D eigenvalue weighted by Crippen LogP contribution is 2.17. The summed E-state index contributed by atoms with van der Waals surface area (Å²) in [6, 6.07) is 8.22. The summed E-state index contributed by atoms with van der Waals surface area (Å²) in [6.45, 7) is 6.06. The fourth-order valence-corrected chi connectivity index (χ4v) is 1.95. The fraction of sp³-hybridized carbons (Fsp3) is 0.273. The molecule has 1 aromatic carbocycles. The smallest absolute Gasteiger partial charge is 0.187 e. The minimum atomic E-state index is -1.09. The van der Waals surface area contributed by atoms with E-state index in [4.69, 9.17) is 4.80 Å². The molecule has 0 amide bonds. The molecule has 0 unspecified atom stereocenters. The van der Waals surface area contributed by atoms with Crippen molar-refractivity contribution in [3.63, 3.8) is 0 Å². The Hall–Kier alpha value is -0.863. The topological polar surface area (TPSA) is 20.2 Å². The van der Waals surface area contributed by atoms with E-state index in [1.54, 1.807) is 0 Å². The molecule has 1 nitrogen and oxygen atoms in total. The summed E-state index contributed by atoms with van der Waals surface area (Å²) in [5.41, 5.74) is 2.48. The van der Waals surface area contributed by atoms with E-state index in [1.807, 2.05) is 12.1 Å². The number of aryl methyl sites for hydroxylation is 1. The van der Waals surface area contributed by atoms with Gasteiger partial charge >= 0.3 is 0 Å². The predicted molar refractivity (Wildman–Crippen MR) is 60.2 cm³/mol. The molecular formula is C11H16OSi. The first-order valence-electron chi connectivity index (χ1n) is 4.66. The quantitative estimate of drug-likeness (QED) is 0.720. The molecule has 1 rings (SSSR count). The molecule has 0 saturated heterocycles. The maximum absolute atomic E-state index is 9.12. The molecule has 0 heterocycles. The Morgan fingerprint density at radius 1 is 1.46 bits per heavy atom. The van der Waals surface area contributed by atoms with Crippen LogP contribution in [0.4, 0.5) is 0 Å². The van der Waals surface area contributed by atoms with Gasteiger partial charge in [0, 0.05) is 0 Å². The van der Waals surface area contributed by atoms with Crippen molar-refractivity contribution in [2.75, 3.05) is 0 Å². The molecular weight excluding hydrogens is 176 g/mol. The number of benzene rings is 1. The Bertz CT molecular complexity index is 294. The molecule has 1 N–H and O–H groups in total. The Morgan fingerprint density at radius 2 is 2.15 bits per heavy atom. The number of rotatable bonds is 4. The highest BCUT2D eigenvalue weighted by atomic mass is 28.2. The molecule has 0 aromatic heterocycles. The lowest BCUT2D eigenvalue weighted by atomic mass is 10.0. The summed E-state index contributed by atoms with van der Waals surface area (Å²) < 4.78 is 0. The summed E-state index contributed by atoms with van der Waals surface area (Å²) in [5.74, 6) is 0. The largest absolute Gasteiger partial charge is 0.433 e. The summed E-state index contributed by atoms with van der Waals surface area (Å²) in [7, 11) is -1.09. The molecule has 0 aliphatic rings. The van der Waals surface area contributed by atoms with E-state index in [2.05, 4.69) is 25.6 Å². The number of hydrogen-bond donors (Lipinski definition) is 1. The first-order valence-corrected chi connectivity index (χ1v) is 6.00. The summed E-state index contributed by atoms with van der Waals surface area (Å²) in [6.07, 6.45) is 2.21. The van der Waals surface area contributed by atoms with Gasteiger partial charge < -0.3 is 4.80 Å². The lowest BCUT2D eigenvalue weighted by Gasteiger charge is -2.08. The standard InChI is InChI=1S/C11H16OSi/c1-3-6-10-7-4-5-8-11(10)9(2)13-12/h4-5,7-8,12H,2-3,6,13H2,1H3. The maximum atomic E-state index is 9.12. The van der Waals surface area contributed by atoms with Crippen LogP contribution in [0.25, 0.3) is 5.20 Å². The second-order valence-electron chi connectivity index (χ2n) is 3.17. The Balaban J connectivity index is 2.97. The van der Waals surface area contributed by atoms with Crippen molar-refractivity contribution in [1.82, 2.24) is 0 Å². The van der Waals surface area contributed by atoms with Gasteiger partial charge in [-0.15, -0.1) is 0 Å². The highest BCUT2D eigenvalue weighted by Gasteiger charge is 2.03. The van der Waals surface area contributed by atoms with E-state index in [-0.39, 0.29) is 0 Å². The molecule has 0 saturated carbocycles. The van der Waals surface area contributed by atoms with Crippen LogP contribution in [0, 0.1) is 0 Å². The highest BCUT2D eigenvalue weighted by molar-refractivity contribution is 6.53. The van der Waals surface area contributed by atoms with Crippen LogP contribution in [-0.4, -0.2) is 14.6 Å². The second-order valence-corrected chi connectivity index (χ2v) is 4.34. The van der Waals surface area contributed by atoms with E-state index in [1.165, 1.54) is 11.1 Å². The van der Waals surface area contributed by atoms with E-state index in [0.717, 1.165) is 18.0 Å². The van der Waals surface area contributed by atoms with Gasteiger partial charge in [-0.05, 0) is 22.7 Å². The monoisotopic (exact) mass is 192 g/mol. The average molecular weight is 192 g/mol. The minimum absolute atomic E-state index is 0.948. The zero-order valence-corrected chi connectivity index (χ0v) is 9.50. The fourth-order valence-electron chi connectivity index (χ4n) is 1.44. The molecule has 0 aliphatic heterocycles. The first-order chi connectivity index (χ1) is 6.29. The van der Waals surface area contributed by atoms with Gasteiger partial charge in [0.2, 0.25) is 0 Å². The molecule has 1 aromatic rings. The average Bonchev–Trinajstić information content (AvgIpc) is 2.18. The molecule has 13 heavy (non-hydrogen) atoms. The van der Waals surface area contributed by atoms with E-state index >= 15 is 0 Å². The lowest BCUT2D eigenvalue weighted by molar-refractivity contribution is 0.616. The van der Waals surface area contributed by atoms with Crippen molar-refractivity contribution in [3.8, 4) is 0 Å². The van der Waals surface area contributed by atoms with Crippen molar-refractivity contribution in [2.24, 2.45) is 0 Å². The van der Waals surface area contributed by atoms with Gasteiger partial charge in [-0.2, -0.15) is 0 Å². The van der Waals surface area contributed by atoms with Gasteiger partial charge in [0.1, 0.15) is 0 Å². The molecule has 0 fully saturated rings. The van der Waals surface area contributed by atoms with E-state index < -0.39 is 9.76 Å². The van der Waals surface area contributed by atoms with Crippen molar-refractivity contribution in [3.05, 3.63) is 42.0 Å². The molecule has 0 bridgehead atoms. The molecule has 70 valence electrons. The Kier molecular flexibility index (Phi) is 3.93. The van der Waals surface area contributed by atoms with Gasteiger partial charge in [-0.1, -0.05) is 44.2 Å². The molecule has 0 aliphatic carbocycles. The van der Waals surface area contributed by atoms with Crippen molar-refractivity contribution in [2.45, 2.75) is 19.8 Å². The van der Waals surface area contributed by atoms with Crippen molar-refractivity contribution in [1.29, 1.82) is 0 Å². The van der Waals surface area contributed by atoms with Crippen LogP contribution in [-0.2, 0) is 6.42 Å². The zero-order chi connectivity index (χ0) is 9.68. The summed E-state index contributed by atoms with van der Waals surface area (Å²) in [5, 5.41) is 0.948. The van der Waals surface area contributed by atoms with Gasteiger partial charge in [-0.25, -0.2) is 0 Å². The van der Waals surface area contributed by atoms with Gasteiger partial charge in [0.15, 0.2) is 9.76 Å². The van der Waals surface area contributed by atoms with Crippen molar-refractivity contribution < 1.29 is 4.80 Å². The summed E-state index contributed by atoms with van der Waals surface area (Å²) in [4.78, 5) is 9.12. The Labute approximate surface area is 82.1 Å². The predicted octanol–water partition coefficient (Wildman–Crippen LogP) is 1.69. The molecule has 0 atom stereocenters. The van der Waals surface area contributed by atoms with Crippen LogP contribution in [0.15, 0.2) is 30.8 Å². The van der Waals surface area contributed by atoms with Crippen LogP contribution in [0.3, 0.4) is 0 Å². The third kappa shape index (κ3) is 2.54. The van der Waals surface area contributed by atoms with Crippen LogP contribution in [0.1, 0.15) is 24.5 Å². The van der Waals surface area contributed by atoms with Gasteiger partial charge in [0.25, 0.3) is 0 Å². The first kappa shape index (κ1) is 10.2. The van der Waals surface area contributed by atoms with Gasteiger partial charge in [0.05, 0.1) is 0 Å². The molecule has 0 spiro atoms. The molecule has 2 heteroatoms. The Morgan fingerprint density at radius 3 is 2.77 bits per heavy atom. The summed E-state index contributed by atoms with van der Waals surface area (Å²) >= 11 is 0. The van der Waals surface area contributed by atoms with Crippen molar-refractivity contribution >= 4 is 15.0 Å².